The first-order valence-corrected chi connectivity index (χ1v) is 5.64. The molecule has 0 amide bonds. The molecule has 0 spiro atoms. The van der Waals surface area contributed by atoms with E-state index in [-0.39, 0.29) is 0 Å². The summed E-state index contributed by atoms with van der Waals surface area (Å²) in [6.45, 7) is 2.16. The molecule has 0 bridgehead atoms. The molecule has 0 unspecified atom stereocenters. The number of nitrogens with zero attached hydrogens (tertiary/aromatic N) is 2. The number of amidine groups is 1. The van der Waals surface area contributed by atoms with Crippen LogP contribution in [0.15, 0.2) is 35.3 Å². The first kappa shape index (κ1) is 10.2. The molecular formula is C13H18N2. The highest BCUT2D eigenvalue weighted by Crippen LogP contribution is 2.15. The van der Waals surface area contributed by atoms with E-state index in [4.69, 9.17) is 0 Å². The second kappa shape index (κ2) is 4.96. The smallest absolute Gasteiger partial charge is 0.0988 e. The van der Waals surface area contributed by atoms with Crippen molar-refractivity contribution in [3.63, 3.8) is 0 Å². The van der Waals surface area contributed by atoms with Crippen LogP contribution in [0.3, 0.4) is 0 Å². The Bertz CT molecular complexity index is 330. The van der Waals surface area contributed by atoms with Crippen LogP contribution in [0.5, 0.6) is 0 Å². The number of hydrogen-bond acceptors (Lipinski definition) is 1. The van der Waals surface area contributed by atoms with E-state index in [1.807, 2.05) is 7.05 Å². The number of aliphatic imine (C=N–C) groups is 1. The van der Waals surface area contributed by atoms with E-state index in [1.165, 1.54) is 24.2 Å². The molecule has 80 valence electrons. The van der Waals surface area contributed by atoms with Gasteiger partial charge in [-0.25, -0.2) is 0 Å². The van der Waals surface area contributed by atoms with Crippen molar-refractivity contribution in [2.45, 2.75) is 25.8 Å². The third-order valence-corrected chi connectivity index (χ3v) is 2.92. The van der Waals surface area contributed by atoms with Crippen LogP contribution >= 0.6 is 0 Å². The van der Waals surface area contributed by atoms with Crippen LogP contribution in [-0.4, -0.2) is 24.3 Å². The molecule has 1 aromatic rings. The van der Waals surface area contributed by atoms with Crippen LogP contribution in [0.4, 0.5) is 0 Å². The van der Waals surface area contributed by atoms with Crippen LogP contribution < -0.4 is 0 Å². The lowest BCUT2D eigenvalue weighted by molar-refractivity contribution is 0.363. The molecule has 15 heavy (non-hydrogen) atoms. The van der Waals surface area contributed by atoms with Crippen LogP contribution in [0.1, 0.15) is 24.8 Å². The maximum Gasteiger partial charge on any atom is 0.0988 e. The zero-order valence-corrected chi connectivity index (χ0v) is 9.32. The minimum atomic E-state index is 1.01. The van der Waals surface area contributed by atoms with Crippen molar-refractivity contribution in [3.8, 4) is 0 Å². The van der Waals surface area contributed by atoms with Gasteiger partial charge in [0.25, 0.3) is 0 Å². The molecule has 0 aliphatic carbocycles. The van der Waals surface area contributed by atoms with Crippen molar-refractivity contribution in [1.29, 1.82) is 0 Å². The van der Waals surface area contributed by atoms with Crippen molar-refractivity contribution < 1.29 is 0 Å². The Hall–Kier alpha value is -1.31. The Kier molecular flexibility index (Phi) is 3.38. The molecule has 0 aromatic heterocycles. The summed E-state index contributed by atoms with van der Waals surface area (Å²) in [7, 11) is 1.90. The molecule has 2 nitrogen and oxygen atoms in total. The number of hydrogen-bond donors (Lipinski definition) is 0. The van der Waals surface area contributed by atoms with Gasteiger partial charge in [0, 0.05) is 26.6 Å². The summed E-state index contributed by atoms with van der Waals surface area (Å²) < 4.78 is 0. The molecule has 1 fully saturated rings. The largest absolute Gasteiger partial charge is 0.356 e. The summed E-state index contributed by atoms with van der Waals surface area (Å²) in [6.07, 6.45) is 3.73. The normalized spacial score (nSPS) is 19.5. The van der Waals surface area contributed by atoms with Crippen LogP contribution in [0.25, 0.3) is 0 Å². The lowest BCUT2D eigenvalue weighted by Crippen LogP contribution is -2.34. The van der Waals surface area contributed by atoms with Crippen molar-refractivity contribution in [1.82, 2.24) is 4.90 Å². The van der Waals surface area contributed by atoms with Gasteiger partial charge in [0.1, 0.15) is 0 Å². The summed E-state index contributed by atoms with van der Waals surface area (Å²) in [5.74, 6) is 1.27. The second-order valence-electron chi connectivity index (χ2n) is 4.00. The van der Waals surface area contributed by atoms with Crippen LogP contribution in [0, 0.1) is 0 Å². The Balaban J connectivity index is 2.04. The van der Waals surface area contributed by atoms with E-state index >= 15 is 0 Å². The monoisotopic (exact) mass is 202 g/mol. The summed E-state index contributed by atoms with van der Waals surface area (Å²) in [5, 5.41) is 0. The first-order chi connectivity index (χ1) is 7.40. The average Bonchev–Trinajstić information content (AvgIpc) is 2.31. The Labute approximate surface area is 91.6 Å². The highest BCUT2D eigenvalue weighted by atomic mass is 15.2. The first-order valence-electron chi connectivity index (χ1n) is 5.64. The molecule has 0 atom stereocenters. The molecular weight excluding hydrogens is 184 g/mol. The van der Waals surface area contributed by atoms with Gasteiger partial charge in [0.05, 0.1) is 5.84 Å². The Morgan fingerprint density at radius 2 is 2.00 bits per heavy atom. The fourth-order valence-corrected chi connectivity index (χ4v) is 2.10. The van der Waals surface area contributed by atoms with E-state index in [1.54, 1.807) is 0 Å². The zero-order chi connectivity index (χ0) is 10.5. The summed E-state index contributed by atoms with van der Waals surface area (Å²) in [6, 6.07) is 10.6. The van der Waals surface area contributed by atoms with Crippen molar-refractivity contribution in [2.24, 2.45) is 4.99 Å². The second-order valence-corrected chi connectivity index (χ2v) is 4.00. The summed E-state index contributed by atoms with van der Waals surface area (Å²) in [5.41, 5.74) is 1.38. The van der Waals surface area contributed by atoms with Gasteiger partial charge in [-0.2, -0.15) is 0 Å². The quantitative estimate of drug-likeness (QED) is 0.720. The molecule has 1 aromatic carbocycles. The van der Waals surface area contributed by atoms with Gasteiger partial charge < -0.3 is 4.90 Å². The van der Waals surface area contributed by atoms with Crippen molar-refractivity contribution in [2.75, 3.05) is 13.6 Å². The fourth-order valence-electron chi connectivity index (χ4n) is 2.10. The molecule has 0 saturated carbocycles. The van der Waals surface area contributed by atoms with Gasteiger partial charge in [-0.1, -0.05) is 30.3 Å². The zero-order valence-electron chi connectivity index (χ0n) is 9.32. The number of benzene rings is 1. The third-order valence-electron chi connectivity index (χ3n) is 2.92. The van der Waals surface area contributed by atoms with Gasteiger partial charge in [-0.3, -0.25) is 4.99 Å². The number of piperidine rings is 1. The average molecular weight is 202 g/mol. The predicted octanol–water partition coefficient (Wildman–Crippen LogP) is 2.70. The summed E-state index contributed by atoms with van der Waals surface area (Å²) >= 11 is 0. The Morgan fingerprint density at radius 1 is 1.20 bits per heavy atom. The van der Waals surface area contributed by atoms with Crippen molar-refractivity contribution in [3.05, 3.63) is 35.9 Å². The Morgan fingerprint density at radius 3 is 2.73 bits per heavy atom. The maximum absolute atomic E-state index is 4.37. The SMILES string of the molecule is CN=C1CCCCN1Cc1ccccc1. The molecule has 0 radical (unpaired) electrons. The standard InChI is InChI=1S/C13H18N2/c1-14-13-9-5-6-10-15(13)11-12-7-3-2-4-8-12/h2-4,7-8H,5-6,9-11H2,1H3. The van der Waals surface area contributed by atoms with Crippen LogP contribution in [-0.2, 0) is 6.54 Å². The molecule has 1 aliphatic heterocycles. The number of likely N-dealkylation sites (tertiary alicyclic amines) is 1. The molecule has 2 rings (SSSR count). The van der Waals surface area contributed by atoms with Crippen LogP contribution in [0.2, 0.25) is 0 Å². The van der Waals surface area contributed by atoms with Gasteiger partial charge in [0.15, 0.2) is 0 Å². The minimum absolute atomic E-state index is 1.01. The van der Waals surface area contributed by atoms with Gasteiger partial charge in [-0.05, 0) is 18.4 Å². The van der Waals surface area contributed by atoms with E-state index in [9.17, 15) is 0 Å². The molecule has 1 saturated heterocycles. The van der Waals surface area contributed by atoms with Crippen molar-refractivity contribution >= 4 is 5.84 Å². The molecule has 1 heterocycles. The van der Waals surface area contributed by atoms with E-state index < -0.39 is 0 Å². The molecule has 2 heteroatoms. The highest BCUT2D eigenvalue weighted by molar-refractivity contribution is 5.82. The van der Waals surface area contributed by atoms with Gasteiger partial charge >= 0.3 is 0 Å². The van der Waals surface area contributed by atoms with Gasteiger partial charge in [-0.15, -0.1) is 0 Å². The molecule has 1 aliphatic rings. The highest BCUT2D eigenvalue weighted by Gasteiger charge is 2.15. The summed E-state index contributed by atoms with van der Waals surface area (Å²) in [4.78, 5) is 6.77. The third kappa shape index (κ3) is 2.58. The van der Waals surface area contributed by atoms with E-state index in [0.29, 0.717) is 0 Å². The number of rotatable bonds is 2. The minimum Gasteiger partial charge on any atom is -0.356 e. The fraction of sp³-hybridized carbons (Fsp3) is 0.462. The molecule has 0 N–H and O–H groups in total. The lowest BCUT2D eigenvalue weighted by Gasteiger charge is -2.30. The van der Waals surface area contributed by atoms with E-state index in [2.05, 4.69) is 40.2 Å². The van der Waals surface area contributed by atoms with Gasteiger partial charge in [0.2, 0.25) is 0 Å². The maximum atomic E-state index is 4.37. The lowest BCUT2D eigenvalue weighted by atomic mass is 10.1. The predicted molar refractivity (Wildman–Crippen MR) is 64.1 cm³/mol. The van der Waals surface area contributed by atoms with E-state index in [0.717, 1.165) is 19.5 Å². The topological polar surface area (TPSA) is 15.6 Å².